The Kier molecular flexibility index (Phi) is 4.79. The van der Waals surface area contributed by atoms with E-state index in [1.807, 2.05) is 0 Å². The number of rotatable bonds is 3. The smallest absolute Gasteiger partial charge is 0.196 e. The van der Waals surface area contributed by atoms with Crippen LogP contribution >= 0.6 is 0 Å². The molecule has 2 nitrogen and oxygen atoms in total. The Balaban J connectivity index is 2.02. The van der Waals surface area contributed by atoms with Gasteiger partial charge in [-0.25, -0.2) is 0 Å². The molecule has 2 heterocycles. The Bertz CT molecular complexity index is 1070. The molecule has 0 aliphatic heterocycles. The van der Waals surface area contributed by atoms with Crippen molar-refractivity contribution in [3.05, 3.63) is 96.2 Å². The first-order chi connectivity index (χ1) is 13.5. The van der Waals surface area contributed by atoms with Crippen LogP contribution in [0.3, 0.4) is 0 Å². The number of hydrogen-bond acceptors (Lipinski definition) is 0. The topological polar surface area (TPSA) is 7.76 Å². The summed E-state index contributed by atoms with van der Waals surface area (Å²) in [5.74, 6) is 0. The van der Waals surface area contributed by atoms with E-state index in [0.29, 0.717) is 0 Å². The Morgan fingerprint density at radius 2 is 1.29 bits per heavy atom. The Hall–Kier alpha value is -3.26. The first kappa shape index (κ1) is 18.1. The molecule has 4 aromatic rings. The Labute approximate surface area is 167 Å². The van der Waals surface area contributed by atoms with Crippen molar-refractivity contribution in [3.63, 3.8) is 0 Å². The summed E-state index contributed by atoms with van der Waals surface area (Å²) in [4.78, 5) is 0. The van der Waals surface area contributed by atoms with E-state index in [9.17, 15) is 0 Å². The molecule has 28 heavy (non-hydrogen) atoms. The molecule has 0 bridgehead atoms. The molecule has 0 N–H and O–H groups in total. The highest BCUT2D eigenvalue weighted by molar-refractivity contribution is 5.73. The van der Waals surface area contributed by atoms with E-state index in [1.165, 1.54) is 44.9 Å². The van der Waals surface area contributed by atoms with Gasteiger partial charge in [-0.2, -0.15) is 9.13 Å². The van der Waals surface area contributed by atoms with Gasteiger partial charge in [0, 0.05) is 29.8 Å². The van der Waals surface area contributed by atoms with Crippen molar-refractivity contribution < 1.29 is 9.13 Å². The van der Waals surface area contributed by atoms with E-state index < -0.39 is 0 Å². The van der Waals surface area contributed by atoms with Crippen molar-refractivity contribution in [3.8, 4) is 33.8 Å². The summed E-state index contributed by atoms with van der Waals surface area (Å²) < 4.78 is 4.48. The normalized spacial score (nSPS) is 10.9. The van der Waals surface area contributed by atoms with Gasteiger partial charge in [0.15, 0.2) is 6.20 Å². The van der Waals surface area contributed by atoms with Crippen LogP contribution in [0.1, 0.15) is 11.1 Å². The van der Waals surface area contributed by atoms with Crippen molar-refractivity contribution in [2.45, 2.75) is 13.8 Å². The molecule has 0 fully saturated rings. The molecular formula is C26H26N2+2. The van der Waals surface area contributed by atoms with Gasteiger partial charge in [0.2, 0.25) is 5.69 Å². The van der Waals surface area contributed by atoms with Gasteiger partial charge >= 0.3 is 0 Å². The van der Waals surface area contributed by atoms with Crippen molar-refractivity contribution in [1.29, 1.82) is 0 Å². The minimum Gasteiger partial charge on any atom is -0.196 e. The molecule has 0 saturated carbocycles. The molecule has 0 aliphatic rings. The standard InChI is InChI=1S/C26H26N2/c1-19-12-14-21(15-13-19)22-17-25(23-10-6-5-9-20(23)2)28(4)26(18-22)24-11-7-8-16-27(24)3/h5-18H,1-4H3/q+2. The van der Waals surface area contributed by atoms with Gasteiger partial charge in [-0.05, 0) is 42.7 Å². The molecule has 0 spiro atoms. The van der Waals surface area contributed by atoms with Crippen LogP contribution in [-0.4, -0.2) is 0 Å². The van der Waals surface area contributed by atoms with Crippen LogP contribution in [0.15, 0.2) is 85.1 Å². The number of hydrogen-bond donors (Lipinski definition) is 0. The highest BCUT2D eigenvalue weighted by Crippen LogP contribution is 2.29. The Morgan fingerprint density at radius 3 is 2.00 bits per heavy atom. The average Bonchev–Trinajstić information content (AvgIpc) is 2.70. The fourth-order valence-electron chi connectivity index (χ4n) is 3.73. The molecule has 0 radical (unpaired) electrons. The summed E-state index contributed by atoms with van der Waals surface area (Å²) in [6.45, 7) is 4.30. The molecule has 4 rings (SSSR count). The van der Waals surface area contributed by atoms with Crippen molar-refractivity contribution in [2.24, 2.45) is 14.1 Å². The molecule has 0 atom stereocenters. The molecule has 0 aliphatic carbocycles. The van der Waals surface area contributed by atoms with Crippen LogP contribution in [-0.2, 0) is 14.1 Å². The molecular weight excluding hydrogens is 340 g/mol. The van der Waals surface area contributed by atoms with E-state index in [-0.39, 0.29) is 0 Å². The quantitative estimate of drug-likeness (QED) is 0.453. The van der Waals surface area contributed by atoms with Crippen LogP contribution < -0.4 is 9.13 Å². The predicted octanol–water partition coefficient (Wildman–Crippen LogP) is 4.95. The largest absolute Gasteiger partial charge is 0.278 e. The van der Waals surface area contributed by atoms with Crippen LogP contribution in [0, 0.1) is 13.8 Å². The monoisotopic (exact) mass is 366 g/mol. The third-order valence-corrected chi connectivity index (χ3v) is 5.43. The van der Waals surface area contributed by atoms with Gasteiger partial charge in [0.25, 0.3) is 11.4 Å². The number of pyridine rings is 2. The summed E-state index contributed by atoms with van der Waals surface area (Å²) >= 11 is 0. The summed E-state index contributed by atoms with van der Waals surface area (Å²) in [5.41, 5.74) is 9.89. The highest BCUT2D eigenvalue weighted by Gasteiger charge is 2.25. The summed E-state index contributed by atoms with van der Waals surface area (Å²) in [7, 11) is 4.25. The van der Waals surface area contributed by atoms with E-state index in [0.717, 1.165) is 0 Å². The second-order valence-electron chi connectivity index (χ2n) is 7.45. The van der Waals surface area contributed by atoms with Crippen LogP contribution in [0.25, 0.3) is 33.8 Å². The lowest BCUT2D eigenvalue weighted by Crippen LogP contribution is -2.40. The third kappa shape index (κ3) is 3.34. The molecule has 138 valence electrons. The van der Waals surface area contributed by atoms with Gasteiger partial charge in [0.1, 0.15) is 14.1 Å². The van der Waals surface area contributed by atoms with Crippen LogP contribution in [0.5, 0.6) is 0 Å². The molecule has 0 amide bonds. The fourth-order valence-corrected chi connectivity index (χ4v) is 3.73. The first-order valence-corrected chi connectivity index (χ1v) is 9.67. The maximum atomic E-state index is 2.30. The molecule has 0 unspecified atom stereocenters. The van der Waals surface area contributed by atoms with Crippen molar-refractivity contribution in [2.75, 3.05) is 0 Å². The fraction of sp³-hybridized carbons (Fsp3) is 0.154. The highest BCUT2D eigenvalue weighted by atomic mass is 15.0. The maximum absolute atomic E-state index is 2.30. The summed E-state index contributed by atoms with van der Waals surface area (Å²) in [6.07, 6.45) is 2.10. The third-order valence-electron chi connectivity index (χ3n) is 5.43. The van der Waals surface area contributed by atoms with Gasteiger partial charge in [0.05, 0.1) is 0 Å². The second-order valence-corrected chi connectivity index (χ2v) is 7.45. The minimum atomic E-state index is 1.19. The maximum Gasteiger partial charge on any atom is 0.278 e. The van der Waals surface area contributed by atoms with Gasteiger partial charge < -0.3 is 0 Å². The van der Waals surface area contributed by atoms with Gasteiger partial charge in [-0.3, -0.25) is 0 Å². The van der Waals surface area contributed by atoms with Gasteiger partial charge in [-0.1, -0.05) is 48.0 Å². The predicted molar refractivity (Wildman–Crippen MR) is 115 cm³/mol. The lowest BCUT2D eigenvalue weighted by Gasteiger charge is -2.10. The van der Waals surface area contributed by atoms with Crippen LogP contribution in [0.4, 0.5) is 0 Å². The number of nitrogens with zero attached hydrogens (tertiary/aromatic N) is 2. The van der Waals surface area contributed by atoms with Crippen molar-refractivity contribution >= 4 is 0 Å². The number of benzene rings is 2. The van der Waals surface area contributed by atoms with E-state index >= 15 is 0 Å². The molecule has 2 aromatic heterocycles. The zero-order valence-electron chi connectivity index (χ0n) is 17.0. The summed E-state index contributed by atoms with van der Waals surface area (Å²) in [6, 6.07) is 28.3. The molecule has 2 heteroatoms. The zero-order valence-corrected chi connectivity index (χ0v) is 17.0. The van der Waals surface area contributed by atoms with Gasteiger partial charge in [-0.15, -0.1) is 0 Å². The number of aryl methyl sites for hydroxylation is 3. The average molecular weight is 367 g/mol. The summed E-state index contributed by atoms with van der Waals surface area (Å²) in [5, 5.41) is 0. The first-order valence-electron chi connectivity index (χ1n) is 9.67. The SMILES string of the molecule is Cc1ccc(-c2cc(-c3ccccc3C)[n+](C)c(-c3cccc[n+]3C)c2)cc1. The lowest BCUT2D eigenvalue weighted by molar-refractivity contribution is -0.685. The van der Waals surface area contributed by atoms with Crippen molar-refractivity contribution in [1.82, 2.24) is 0 Å². The molecule has 0 saturated heterocycles. The molecule has 2 aromatic carbocycles. The van der Waals surface area contributed by atoms with E-state index in [1.54, 1.807) is 0 Å². The zero-order chi connectivity index (χ0) is 19.7. The Morgan fingerprint density at radius 1 is 0.607 bits per heavy atom. The number of aromatic nitrogens is 2. The minimum absolute atomic E-state index is 1.19. The lowest BCUT2D eigenvalue weighted by atomic mass is 9.98. The van der Waals surface area contributed by atoms with Crippen LogP contribution in [0.2, 0.25) is 0 Å². The van der Waals surface area contributed by atoms with E-state index in [4.69, 9.17) is 0 Å². The second kappa shape index (κ2) is 7.40. The van der Waals surface area contributed by atoms with E-state index in [2.05, 4.69) is 122 Å².